The Morgan fingerprint density at radius 1 is 1.06 bits per heavy atom. The molecule has 2 aromatic heterocycles. The predicted octanol–water partition coefficient (Wildman–Crippen LogP) is 3.42. The molecule has 3 aromatic rings. The minimum Gasteiger partial charge on any atom is -0.454 e. The van der Waals surface area contributed by atoms with Crippen molar-refractivity contribution in [1.29, 1.82) is 0 Å². The summed E-state index contributed by atoms with van der Waals surface area (Å²) in [5.41, 5.74) is 1.82. The molecule has 7 nitrogen and oxygen atoms in total. The molecule has 1 atom stereocenters. The lowest BCUT2D eigenvalue weighted by atomic mass is 10.0. The van der Waals surface area contributed by atoms with Gasteiger partial charge in [0.1, 0.15) is 6.04 Å². The zero-order chi connectivity index (χ0) is 22.2. The molecule has 2 heterocycles. The van der Waals surface area contributed by atoms with Gasteiger partial charge in [-0.2, -0.15) is 0 Å². The number of carbonyl (C=O) groups is 3. The maximum atomic E-state index is 12.8. The van der Waals surface area contributed by atoms with E-state index in [-0.39, 0.29) is 30.9 Å². The van der Waals surface area contributed by atoms with Crippen molar-refractivity contribution >= 4 is 40.0 Å². The molecule has 3 N–H and O–H groups in total. The maximum absolute atomic E-state index is 12.8. The number of H-pyrrole nitrogens is 1. The third-order valence-electron chi connectivity index (χ3n) is 5.13. The van der Waals surface area contributed by atoms with E-state index in [2.05, 4.69) is 15.6 Å². The minimum absolute atomic E-state index is 0.0479. The van der Waals surface area contributed by atoms with Crippen molar-refractivity contribution in [3.05, 3.63) is 58.4 Å². The molecule has 0 aliphatic carbocycles. The molecule has 0 radical (unpaired) electrons. The highest BCUT2D eigenvalue weighted by Crippen LogP contribution is 2.20. The number of para-hydroxylation sites is 1. The van der Waals surface area contributed by atoms with E-state index in [9.17, 15) is 14.4 Å². The van der Waals surface area contributed by atoms with Crippen LogP contribution in [0.3, 0.4) is 0 Å². The Morgan fingerprint density at radius 3 is 2.55 bits per heavy atom. The number of ether oxygens (including phenoxy) is 1. The normalized spacial score (nSPS) is 12.0. The largest absolute Gasteiger partial charge is 0.454 e. The van der Waals surface area contributed by atoms with Crippen LogP contribution in [0.1, 0.15) is 41.9 Å². The van der Waals surface area contributed by atoms with E-state index in [1.165, 1.54) is 11.3 Å². The van der Waals surface area contributed by atoms with Crippen LogP contribution in [0.25, 0.3) is 10.9 Å². The molecule has 0 aliphatic heterocycles. The third kappa shape index (κ3) is 5.95. The topological polar surface area (TPSA) is 100 Å². The van der Waals surface area contributed by atoms with E-state index in [0.717, 1.165) is 29.3 Å². The summed E-state index contributed by atoms with van der Waals surface area (Å²) < 4.78 is 5.26. The summed E-state index contributed by atoms with van der Waals surface area (Å²) in [7, 11) is 0. The lowest BCUT2D eigenvalue weighted by Crippen LogP contribution is -2.44. The minimum atomic E-state index is -0.922. The number of esters is 1. The molecule has 0 unspecified atom stereocenters. The summed E-state index contributed by atoms with van der Waals surface area (Å²) in [4.78, 5) is 41.2. The van der Waals surface area contributed by atoms with Crippen LogP contribution in [0, 0.1) is 0 Å². The van der Waals surface area contributed by atoms with Crippen LogP contribution in [0.15, 0.2) is 48.0 Å². The standard InChI is InChI=1S/C23H27N3O4S/c1-3-16(4-2)25-21(27)14-30-23(29)19(26-22(28)20-10-7-11-31-20)12-15-13-24-18-9-6-5-8-17(15)18/h5-11,13,16,19,24H,3-4,12,14H2,1-2H3,(H,25,27)(H,26,28)/t19-/m1/s1. The van der Waals surface area contributed by atoms with E-state index in [0.29, 0.717) is 4.88 Å². The fraction of sp³-hybridized carbons (Fsp3) is 0.348. The number of amides is 2. The maximum Gasteiger partial charge on any atom is 0.329 e. The molecule has 8 heteroatoms. The Labute approximate surface area is 185 Å². The molecule has 2 amide bonds. The van der Waals surface area contributed by atoms with Crippen LogP contribution in [0.2, 0.25) is 0 Å². The summed E-state index contributed by atoms with van der Waals surface area (Å²) in [5, 5.41) is 8.36. The molecular formula is C23H27N3O4S. The Hall–Kier alpha value is -3.13. The smallest absolute Gasteiger partial charge is 0.329 e. The van der Waals surface area contributed by atoms with Crippen molar-refractivity contribution < 1.29 is 19.1 Å². The van der Waals surface area contributed by atoms with Gasteiger partial charge in [0, 0.05) is 29.6 Å². The van der Waals surface area contributed by atoms with Crippen molar-refractivity contribution in [2.45, 2.75) is 45.2 Å². The Bertz CT molecular complexity index is 1020. The summed E-state index contributed by atoms with van der Waals surface area (Å²) in [5.74, 6) is -1.34. The number of nitrogens with one attached hydrogen (secondary N) is 3. The molecule has 0 aliphatic rings. The van der Waals surface area contributed by atoms with Crippen molar-refractivity contribution in [1.82, 2.24) is 15.6 Å². The zero-order valence-corrected chi connectivity index (χ0v) is 18.5. The molecule has 0 saturated carbocycles. The number of hydrogen-bond donors (Lipinski definition) is 3. The Kier molecular flexibility index (Phi) is 7.83. The van der Waals surface area contributed by atoms with E-state index in [1.54, 1.807) is 17.5 Å². The lowest BCUT2D eigenvalue weighted by molar-refractivity contribution is -0.150. The molecule has 0 fully saturated rings. The van der Waals surface area contributed by atoms with Crippen LogP contribution in [-0.4, -0.2) is 41.5 Å². The fourth-order valence-corrected chi connectivity index (χ4v) is 3.98. The van der Waals surface area contributed by atoms with Crippen LogP contribution >= 0.6 is 11.3 Å². The van der Waals surface area contributed by atoms with Crippen molar-refractivity contribution in [2.24, 2.45) is 0 Å². The Balaban J connectivity index is 1.71. The number of fused-ring (bicyclic) bond motifs is 1. The van der Waals surface area contributed by atoms with Gasteiger partial charge in [0.15, 0.2) is 6.61 Å². The quantitative estimate of drug-likeness (QED) is 0.420. The van der Waals surface area contributed by atoms with Gasteiger partial charge >= 0.3 is 5.97 Å². The summed E-state index contributed by atoms with van der Waals surface area (Å²) in [6.45, 7) is 3.59. The van der Waals surface area contributed by atoms with Gasteiger partial charge in [0.25, 0.3) is 11.8 Å². The molecule has 0 spiro atoms. The van der Waals surface area contributed by atoms with Gasteiger partial charge in [0.2, 0.25) is 0 Å². The van der Waals surface area contributed by atoms with Gasteiger partial charge in [-0.05, 0) is 35.9 Å². The first-order valence-corrected chi connectivity index (χ1v) is 11.2. The first-order valence-electron chi connectivity index (χ1n) is 10.4. The summed E-state index contributed by atoms with van der Waals surface area (Å²) in [6, 6.07) is 10.3. The van der Waals surface area contributed by atoms with Gasteiger partial charge < -0.3 is 20.4 Å². The summed E-state index contributed by atoms with van der Waals surface area (Å²) >= 11 is 1.29. The summed E-state index contributed by atoms with van der Waals surface area (Å²) in [6.07, 6.45) is 3.67. The van der Waals surface area contributed by atoms with Crippen LogP contribution in [0.5, 0.6) is 0 Å². The SMILES string of the molecule is CCC(CC)NC(=O)COC(=O)[C@@H](Cc1c[nH]c2ccccc12)NC(=O)c1cccs1. The first kappa shape index (κ1) is 22.6. The van der Waals surface area contributed by atoms with Crippen LogP contribution in [0.4, 0.5) is 0 Å². The van der Waals surface area contributed by atoms with Gasteiger partial charge in [-0.1, -0.05) is 38.1 Å². The monoisotopic (exact) mass is 441 g/mol. The fourth-order valence-electron chi connectivity index (χ4n) is 3.35. The van der Waals surface area contributed by atoms with Gasteiger partial charge in [-0.3, -0.25) is 9.59 Å². The first-order chi connectivity index (χ1) is 15.0. The molecule has 3 rings (SSSR count). The van der Waals surface area contributed by atoms with Crippen molar-refractivity contribution in [3.8, 4) is 0 Å². The van der Waals surface area contributed by atoms with Gasteiger partial charge in [-0.15, -0.1) is 11.3 Å². The van der Waals surface area contributed by atoms with E-state index < -0.39 is 12.0 Å². The highest BCUT2D eigenvalue weighted by Gasteiger charge is 2.26. The number of rotatable bonds is 10. The second kappa shape index (κ2) is 10.8. The molecule has 164 valence electrons. The molecule has 0 bridgehead atoms. The van der Waals surface area contributed by atoms with Crippen molar-refractivity contribution in [2.75, 3.05) is 6.61 Å². The number of hydrogen-bond acceptors (Lipinski definition) is 5. The molecule has 1 aromatic carbocycles. The predicted molar refractivity (Wildman–Crippen MR) is 121 cm³/mol. The average Bonchev–Trinajstić information content (AvgIpc) is 3.46. The van der Waals surface area contributed by atoms with E-state index >= 15 is 0 Å². The lowest BCUT2D eigenvalue weighted by Gasteiger charge is -2.18. The highest BCUT2D eigenvalue weighted by molar-refractivity contribution is 7.12. The zero-order valence-electron chi connectivity index (χ0n) is 17.6. The second-order valence-electron chi connectivity index (χ2n) is 7.26. The van der Waals surface area contributed by atoms with Gasteiger partial charge in [-0.25, -0.2) is 4.79 Å². The average molecular weight is 442 g/mol. The number of aromatic amines is 1. The molecule has 0 saturated heterocycles. The second-order valence-corrected chi connectivity index (χ2v) is 8.20. The number of aromatic nitrogens is 1. The Morgan fingerprint density at radius 2 is 1.84 bits per heavy atom. The van der Waals surface area contributed by atoms with Gasteiger partial charge in [0.05, 0.1) is 4.88 Å². The van der Waals surface area contributed by atoms with E-state index in [4.69, 9.17) is 4.74 Å². The number of thiophene rings is 1. The van der Waals surface area contributed by atoms with Crippen molar-refractivity contribution in [3.63, 3.8) is 0 Å². The van der Waals surface area contributed by atoms with Crippen LogP contribution < -0.4 is 10.6 Å². The number of carbonyl (C=O) groups excluding carboxylic acids is 3. The van der Waals surface area contributed by atoms with E-state index in [1.807, 2.05) is 44.3 Å². The number of benzene rings is 1. The third-order valence-corrected chi connectivity index (χ3v) is 6.00. The van der Waals surface area contributed by atoms with Crippen LogP contribution in [-0.2, 0) is 20.7 Å². The molecular weight excluding hydrogens is 414 g/mol. The molecule has 31 heavy (non-hydrogen) atoms. The highest BCUT2D eigenvalue weighted by atomic mass is 32.1.